The third kappa shape index (κ3) is 4.21. The third-order valence-corrected chi connectivity index (χ3v) is 4.89. The molecule has 3 rings (SSSR count). The first-order chi connectivity index (χ1) is 12.5. The summed E-state index contributed by atoms with van der Waals surface area (Å²) in [6.07, 6.45) is 3.34. The number of anilines is 1. The molecule has 0 bridgehead atoms. The Labute approximate surface area is 164 Å². The molecule has 0 aromatic carbocycles. The molecule has 2 aromatic rings. The minimum absolute atomic E-state index is 0.0577. The van der Waals surface area contributed by atoms with Gasteiger partial charge in [-0.15, -0.1) is 0 Å². The predicted molar refractivity (Wildman–Crippen MR) is 104 cm³/mol. The Morgan fingerprint density at radius 2 is 2.12 bits per heavy atom. The number of carbonyl (C=O) groups is 2. The lowest BCUT2D eigenvalue weighted by molar-refractivity contribution is -0.115. The van der Waals surface area contributed by atoms with E-state index in [1.54, 1.807) is 23.9 Å². The van der Waals surface area contributed by atoms with Gasteiger partial charge in [-0.1, -0.05) is 0 Å². The fraction of sp³-hybridized carbons (Fsp3) is 0.412. The molecule has 1 aliphatic rings. The number of aromatic nitrogens is 3. The molecular weight excluding hydrogens is 449 g/mol. The van der Waals surface area contributed by atoms with Gasteiger partial charge in [0.2, 0.25) is 5.91 Å². The van der Waals surface area contributed by atoms with Gasteiger partial charge in [0, 0.05) is 28.7 Å². The molecule has 8 nitrogen and oxygen atoms in total. The van der Waals surface area contributed by atoms with Gasteiger partial charge in [0.1, 0.15) is 11.4 Å². The SMILES string of the molecule is Cc1nn(C2CCOCC2)c(NC(=O)Cc2ccc(I)cn2)c1C(N)=O. The average molecular weight is 469 g/mol. The van der Waals surface area contributed by atoms with Crippen LogP contribution in [0.2, 0.25) is 0 Å². The van der Waals surface area contributed by atoms with E-state index in [-0.39, 0.29) is 23.9 Å². The number of nitrogens with one attached hydrogen (secondary N) is 1. The molecule has 0 radical (unpaired) electrons. The summed E-state index contributed by atoms with van der Waals surface area (Å²) < 4.78 is 8.09. The van der Waals surface area contributed by atoms with Crippen LogP contribution in [0.15, 0.2) is 18.3 Å². The molecule has 2 aromatic heterocycles. The molecule has 138 valence electrons. The smallest absolute Gasteiger partial charge is 0.254 e. The lowest BCUT2D eigenvalue weighted by atomic mass is 10.1. The van der Waals surface area contributed by atoms with Crippen LogP contribution in [0.1, 0.15) is 40.6 Å². The van der Waals surface area contributed by atoms with E-state index in [9.17, 15) is 9.59 Å². The zero-order valence-electron chi connectivity index (χ0n) is 14.4. The second-order valence-electron chi connectivity index (χ2n) is 6.15. The third-order valence-electron chi connectivity index (χ3n) is 4.26. The summed E-state index contributed by atoms with van der Waals surface area (Å²) in [5, 5.41) is 7.28. The number of pyridine rings is 1. The van der Waals surface area contributed by atoms with Gasteiger partial charge in [-0.05, 0) is 54.5 Å². The van der Waals surface area contributed by atoms with Crippen molar-refractivity contribution in [1.82, 2.24) is 14.8 Å². The van der Waals surface area contributed by atoms with Gasteiger partial charge in [0.15, 0.2) is 0 Å². The molecule has 1 aliphatic heterocycles. The number of halogens is 1. The maximum absolute atomic E-state index is 12.5. The van der Waals surface area contributed by atoms with Crippen LogP contribution in [-0.2, 0) is 16.0 Å². The molecule has 0 atom stereocenters. The van der Waals surface area contributed by atoms with Crippen LogP contribution in [-0.4, -0.2) is 39.8 Å². The average Bonchev–Trinajstić information content (AvgIpc) is 2.94. The van der Waals surface area contributed by atoms with E-state index >= 15 is 0 Å². The first kappa shape index (κ1) is 18.8. The highest BCUT2D eigenvalue weighted by Gasteiger charge is 2.27. The summed E-state index contributed by atoms with van der Waals surface area (Å²) in [5.41, 5.74) is 6.93. The molecule has 2 amide bonds. The Morgan fingerprint density at radius 3 is 2.73 bits per heavy atom. The van der Waals surface area contributed by atoms with Crippen molar-refractivity contribution in [2.75, 3.05) is 18.5 Å². The Morgan fingerprint density at radius 1 is 1.38 bits per heavy atom. The van der Waals surface area contributed by atoms with E-state index in [1.807, 2.05) is 6.07 Å². The highest BCUT2D eigenvalue weighted by molar-refractivity contribution is 14.1. The summed E-state index contributed by atoms with van der Waals surface area (Å²) in [6, 6.07) is 3.75. The van der Waals surface area contributed by atoms with Gasteiger partial charge in [0.25, 0.3) is 5.91 Å². The van der Waals surface area contributed by atoms with Crippen molar-refractivity contribution in [3.8, 4) is 0 Å². The van der Waals surface area contributed by atoms with Crippen LogP contribution in [0.3, 0.4) is 0 Å². The molecule has 3 heterocycles. The quantitative estimate of drug-likeness (QED) is 0.649. The second kappa shape index (κ2) is 8.12. The van der Waals surface area contributed by atoms with Crippen molar-refractivity contribution < 1.29 is 14.3 Å². The number of ether oxygens (including phenoxy) is 1. The number of nitrogens with zero attached hydrogens (tertiary/aromatic N) is 3. The first-order valence-electron chi connectivity index (χ1n) is 8.32. The lowest BCUT2D eigenvalue weighted by Gasteiger charge is -2.24. The maximum Gasteiger partial charge on any atom is 0.254 e. The van der Waals surface area contributed by atoms with Gasteiger partial charge in [-0.3, -0.25) is 14.6 Å². The van der Waals surface area contributed by atoms with Crippen molar-refractivity contribution in [1.29, 1.82) is 0 Å². The number of primary amides is 1. The van der Waals surface area contributed by atoms with Gasteiger partial charge < -0.3 is 15.8 Å². The van der Waals surface area contributed by atoms with Crippen molar-refractivity contribution in [2.24, 2.45) is 5.73 Å². The maximum atomic E-state index is 12.5. The minimum atomic E-state index is -0.608. The number of rotatable bonds is 5. The molecule has 26 heavy (non-hydrogen) atoms. The van der Waals surface area contributed by atoms with Crippen molar-refractivity contribution >= 4 is 40.2 Å². The predicted octanol–water partition coefficient (Wildman–Crippen LogP) is 1.82. The molecule has 1 fully saturated rings. The molecular formula is C17H20IN5O3. The van der Waals surface area contributed by atoms with Crippen LogP contribution < -0.4 is 11.1 Å². The van der Waals surface area contributed by atoms with Gasteiger partial charge >= 0.3 is 0 Å². The van der Waals surface area contributed by atoms with Crippen molar-refractivity contribution in [2.45, 2.75) is 32.2 Å². The molecule has 3 N–H and O–H groups in total. The van der Waals surface area contributed by atoms with Crippen molar-refractivity contribution in [3.05, 3.63) is 38.9 Å². The van der Waals surface area contributed by atoms with Crippen molar-refractivity contribution in [3.63, 3.8) is 0 Å². The van der Waals surface area contributed by atoms with Crippen LogP contribution in [0, 0.1) is 10.5 Å². The summed E-state index contributed by atoms with van der Waals surface area (Å²) in [5.74, 6) is -0.518. The van der Waals surface area contributed by atoms with Crippen LogP contribution in [0.25, 0.3) is 0 Å². The minimum Gasteiger partial charge on any atom is -0.381 e. The Hall–Kier alpha value is -2.01. The number of amides is 2. The number of hydrogen-bond donors (Lipinski definition) is 2. The van der Waals surface area contributed by atoms with Gasteiger partial charge in [0.05, 0.1) is 18.2 Å². The van der Waals surface area contributed by atoms with Crippen LogP contribution in [0.4, 0.5) is 5.82 Å². The highest BCUT2D eigenvalue weighted by atomic mass is 127. The molecule has 0 aliphatic carbocycles. The fourth-order valence-corrected chi connectivity index (χ4v) is 3.33. The lowest BCUT2D eigenvalue weighted by Crippen LogP contribution is -2.26. The summed E-state index contributed by atoms with van der Waals surface area (Å²) >= 11 is 2.16. The molecule has 0 unspecified atom stereocenters. The second-order valence-corrected chi connectivity index (χ2v) is 7.40. The normalized spacial score (nSPS) is 15.0. The fourth-order valence-electron chi connectivity index (χ4n) is 3.01. The molecule has 0 spiro atoms. The first-order valence-corrected chi connectivity index (χ1v) is 9.40. The number of hydrogen-bond acceptors (Lipinski definition) is 5. The number of nitrogens with two attached hydrogens (primary N) is 1. The monoisotopic (exact) mass is 469 g/mol. The Kier molecular flexibility index (Phi) is 5.87. The van der Waals surface area contributed by atoms with E-state index in [4.69, 9.17) is 10.5 Å². The zero-order valence-corrected chi connectivity index (χ0v) is 16.5. The topological polar surface area (TPSA) is 112 Å². The van der Waals surface area contributed by atoms with E-state index in [0.29, 0.717) is 30.4 Å². The van der Waals surface area contributed by atoms with E-state index < -0.39 is 5.91 Å². The van der Waals surface area contributed by atoms with E-state index in [0.717, 1.165) is 16.4 Å². The summed E-state index contributed by atoms with van der Waals surface area (Å²) in [4.78, 5) is 28.6. The zero-order chi connectivity index (χ0) is 18.7. The Bertz CT molecular complexity index is 813. The van der Waals surface area contributed by atoms with Crippen LogP contribution in [0.5, 0.6) is 0 Å². The Balaban J connectivity index is 1.85. The van der Waals surface area contributed by atoms with Gasteiger partial charge in [-0.25, -0.2) is 4.68 Å². The molecule has 0 saturated carbocycles. The molecule has 9 heteroatoms. The largest absolute Gasteiger partial charge is 0.381 e. The molecule has 1 saturated heterocycles. The number of carbonyl (C=O) groups excluding carboxylic acids is 2. The summed E-state index contributed by atoms with van der Waals surface area (Å²) in [6.45, 7) is 2.96. The highest BCUT2D eigenvalue weighted by Crippen LogP contribution is 2.28. The summed E-state index contributed by atoms with van der Waals surface area (Å²) in [7, 11) is 0. The van der Waals surface area contributed by atoms with E-state index in [1.165, 1.54) is 0 Å². The number of aryl methyl sites for hydroxylation is 1. The van der Waals surface area contributed by atoms with Gasteiger partial charge in [-0.2, -0.15) is 5.10 Å². The standard InChI is InChI=1S/C17H20IN5O3/c1-10-15(16(19)25)17(23(22-10)13-4-6-26-7-5-13)21-14(24)8-12-3-2-11(18)9-20-12/h2-3,9,13H,4-8H2,1H3,(H2,19,25)(H,21,24). The van der Waals surface area contributed by atoms with Crippen LogP contribution >= 0.6 is 22.6 Å². The van der Waals surface area contributed by atoms with E-state index in [2.05, 4.69) is 38.0 Å².